The first-order valence-corrected chi connectivity index (χ1v) is 9.68. The summed E-state index contributed by atoms with van der Waals surface area (Å²) in [5, 5.41) is 14.6. The monoisotopic (exact) mass is 422 g/mol. The highest BCUT2D eigenvalue weighted by Crippen LogP contribution is 2.27. The number of aromatic nitrogens is 5. The Bertz CT molecular complexity index is 1200. The minimum Gasteiger partial charge on any atom is -0.496 e. The van der Waals surface area contributed by atoms with E-state index in [2.05, 4.69) is 25.6 Å². The third-order valence-corrected chi connectivity index (χ3v) is 4.81. The molecular weight excluding hydrogens is 404 g/mol. The summed E-state index contributed by atoms with van der Waals surface area (Å²) in [7, 11) is 1.59. The van der Waals surface area contributed by atoms with E-state index in [0.717, 1.165) is 16.9 Å². The summed E-state index contributed by atoms with van der Waals surface area (Å²) in [6, 6.07) is 14.7. The second-order valence-corrected chi connectivity index (χ2v) is 6.85. The molecule has 2 aromatic carbocycles. The normalized spacial score (nSPS) is 10.8. The van der Waals surface area contributed by atoms with E-state index >= 15 is 0 Å². The predicted octanol–water partition coefficient (Wildman–Crippen LogP) is 4.13. The summed E-state index contributed by atoms with van der Waals surface area (Å²) in [6.07, 6.45) is 2.14. The fraction of sp³-hybridized carbons (Fsp3) is 0.143. The number of rotatable bonds is 6. The fourth-order valence-corrected chi connectivity index (χ4v) is 3.37. The lowest BCUT2D eigenvalue weighted by Gasteiger charge is -2.08. The van der Waals surface area contributed by atoms with Gasteiger partial charge in [-0.15, -0.1) is 5.10 Å². The lowest BCUT2D eigenvalue weighted by Crippen LogP contribution is -2.15. The summed E-state index contributed by atoms with van der Waals surface area (Å²) < 4.78 is 7.05. The van der Waals surface area contributed by atoms with Crippen LogP contribution in [0.15, 0.2) is 54.7 Å². The van der Waals surface area contributed by atoms with E-state index in [4.69, 9.17) is 16.3 Å². The number of carbonyl (C=O) groups is 1. The SMILES string of the molecule is CCc1c(C(=O)Nc2n[nH]c(-c3ccccc3OC)n2)cnn1-c1cccc(Cl)c1. The molecule has 8 nitrogen and oxygen atoms in total. The number of hydrogen-bond acceptors (Lipinski definition) is 5. The lowest BCUT2D eigenvalue weighted by atomic mass is 10.2. The Morgan fingerprint density at radius 2 is 2.07 bits per heavy atom. The molecule has 2 aromatic heterocycles. The molecule has 4 rings (SSSR count). The van der Waals surface area contributed by atoms with E-state index in [1.807, 2.05) is 43.3 Å². The van der Waals surface area contributed by atoms with Crippen LogP contribution in [0.2, 0.25) is 5.02 Å². The molecule has 0 saturated heterocycles. The summed E-state index contributed by atoms with van der Waals surface area (Å²) in [5.74, 6) is 0.972. The lowest BCUT2D eigenvalue weighted by molar-refractivity contribution is 0.102. The predicted molar refractivity (Wildman–Crippen MR) is 114 cm³/mol. The van der Waals surface area contributed by atoms with Gasteiger partial charge in [-0.1, -0.05) is 36.7 Å². The van der Waals surface area contributed by atoms with Crippen LogP contribution in [-0.2, 0) is 6.42 Å². The Morgan fingerprint density at radius 3 is 2.83 bits per heavy atom. The van der Waals surface area contributed by atoms with Gasteiger partial charge in [0, 0.05) is 5.02 Å². The number of halogens is 1. The maximum absolute atomic E-state index is 12.9. The molecule has 1 amide bonds. The number of benzene rings is 2. The molecule has 4 aromatic rings. The van der Waals surface area contributed by atoms with Gasteiger partial charge in [0.15, 0.2) is 5.82 Å². The van der Waals surface area contributed by atoms with Crippen molar-refractivity contribution in [2.24, 2.45) is 0 Å². The molecule has 0 saturated carbocycles. The van der Waals surface area contributed by atoms with Gasteiger partial charge in [-0.3, -0.25) is 15.2 Å². The summed E-state index contributed by atoms with van der Waals surface area (Å²) in [5.41, 5.74) is 2.74. The molecule has 0 aliphatic rings. The van der Waals surface area contributed by atoms with Gasteiger partial charge in [0.1, 0.15) is 5.75 Å². The van der Waals surface area contributed by atoms with E-state index in [1.54, 1.807) is 23.9 Å². The van der Waals surface area contributed by atoms with Crippen LogP contribution in [0.1, 0.15) is 23.0 Å². The molecule has 0 atom stereocenters. The van der Waals surface area contributed by atoms with Gasteiger partial charge < -0.3 is 4.74 Å². The standard InChI is InChI=1S/C21H19ClN6O2/c1-3-17-16(12-23-28(17)14-8-6-7-13(22)11-14)20(29)25-21-24-19(26-27-21)15-9-4-5-10-18(15)30-2/h4-12H,3H2,1-2H3,(H2,24,25,26,27,29). The van der Waals surface area contributed by atoms with Gasteiger partial charge >= 0.3 is 0 Å². The molecule has 0 aliphatic heterocycles. The zero-order valence-corrected chi connectivity index (χ0v) is 17.1. The van der Waals surface area contributed by atoms with Crippen molar-refractivity contribution in [3.63, 3.8) is 0 Å². The third kappa shape index (κ3) is 3.77. The molecule has 152 valence electrons. The van der Waals surface area contributed by atoms with E-state index in [-0.39, 0.29) is 11.9 Å². The highest BCUT2D eigenvalue weighted by atomic mass is 35.5. The molecular formula is C21H19ClN6O2. The van der Waals surface area contributed by atoms with Crippen molar-refractivity contribution in [3.05, 3.63) is 71.0 Å². The van der Waals surface area contributed by atoms with Crippen LogP contribution in [-0.4, -0.2) is 38.0 Å². The first-order chi connectivity index (χ1) is 14.6. The van der Waals surface area contributed by atoms with Gasteiger partial charge in [-0.05, 0) is 36.8 Å². The van der Waals surface area contributed by atoms with Crippen molar-refractivity contribution >= 4 is 23.5 Å². The van der Waals surface area contributed by atoms with Crippen LogP contribution >= 0.6 is 11.6 Å². The zero-order chi connectivity index (χ0) is 21.1. The van der Waals surface area contributed by atoms with Crippen molar-refractivity contribution in [2.45, 2.75) is 13.3 Å². The summed E-state index contributed by atoms with van der Waals surface area (Å²) >= 11 is 6.09. The molecule has 0 aliphatic carbocycles. The molecule has 0 radical (unpaired) electrons. The zero-order valence-electron chi connectivity index (χ0n) is 16.4. The van der Waals surface area contributed by atoms with E-state index < -0.39 is 0 Å². The number of nitrogens with one attached hydrogen (secondary N) is 2. The van der Waals surface area contributed by atoms with Crippen LogP contribution in [0.4, 0.5) is 5.95 Å². The average Bonchev–Trinajstić information content (AvgIpc) is 3.40. The van der Waals surface area contributed by atoms with E-state index in [0.29, 0.717) is 28.6 Å². The van der Waals surface area contributed by atoms with Gasteiger partial charge in [0.05, 0.1) is 35.8 Å². The first-order valence-electron chi connectivity index (χ1n) is 9.30. The van der Waals surface area contributed by atoms with Crippen LogP contribution in [0.5, 0.6) is 5.75 Å². The molecule has 2 N–H and O–H groups in total. The van der Waals surface area contributed by atoms with Gasteiger partial charge in [-0.2, -0.15) is 10.1 Å². The topological polar surface area (TPSA) is 97.7 Å². The average molecular weight is 423 g/mol. The number of nitrogens with zero attached hydrogens (tertiary/aromatic N) is 4. The number of anilines is 1. The number of hydrogen-bond donors (Lipinski definition) is 2. The largest absolute Gasteiger partial charge is 0.496 e. The molecule has 0 fully saturated rings. The molecule has 9 heteroatoms. The van der Waals surface area contributed by atoms with E-state index in [1.165, 1.54) is 6.20 Å². The highest BCUT2D eigenvalue weighted by Gasteiger charge is 2.19. The number of amides is 1. The third-order valence-electron chi connectivity index (χ3n) is 4.57. The Labute approximate surface area is 177 Å². The van der Waals surface area contributed by atoms with Crippen molar-refractivity contribution in [1.29, 1.82) is 0 Å². The van der Waals surface area contributed by atoms with Crippen LogP contribution in [0.3, 0.4) is 0 Å². The maximum Gasteiger partial charge on any atom is 0.261 e. The molecule has 2 heterocycles. The Hall–Kier alpha value is -3.65. The number of aromatic amines is 1. The van der Waals surface area contributed by atoms with Gasteiger partial charge in [-0.25, -0.2) is 4.68 Å². The first kappa shape index (κ1) is 19.7. The van der Waals surface area contributed by atoms with Crippen LogP contribution in [0.25, 0.3) is 17.1 Å². The van der Waals surface area contributed by atoms with E-state index in [9.17, 15) is 4.79 Å². The number of H-pyrrole nitrogens is 1. The highest BCUT2D eigenvalue weighted by molar-refractivity contribution is 6.30. The van der Waals surface area contributed by atoms with Crippen LogP contribution in [0, 0.1) is 0 Å². The van der Waals surface area contributed by atoms with Crippen molar-refractivity contribution in [3.8, 4) is 22.8 Å². The van der Waals surface area contributed by atoms with Gasteiger partial charge in [0.2, 0.25) is 5.95 Å². The number of ether oxygens (including phenoxy) is 1. The quantitative estimate of drug-likeness (QED) is 0.486. The Kier molecular flexibility index (Phi) is 5.49. The smallest absolute Gasteiger partial charge is 0.261 e. The molecule has 0 spiro atoms. The summed E-state index contributed by atoms with van der Waals surface area (Å²) in [6.45, 7) is 1.96. The second kappa shape index (κ2) is 8.38. The van der Waals surface area contributed by atoms with Crippen molar-refractivity contribution in [2.75, 3.05) is 12.4 Å². The van der Waals surface area contributed by atoms with Gasteiger partial charge in [0.25, 0.3) is 5.91 Å². The van der Waals surface area contributed by atoms with Crippen molar-refractivity contribution in [1.82, 2.24) is 25.0 Å². The minimum absolute atomic E-state index is 0.165. The number of methoxy groups -OCH3 is 1. The minimum atomic E-state index is -0.342. The maximum atomic E-state index is 12.9. The Morgan fingerprint density at radius 1 is 1.23 bits per heavy atom. The fourth-order valence-electron chi connectivity index (χ4n) is 3.18. The van der Waals surface area contributed by atoms with Crippen LogP contribution < -0.4 is 10.1 Å². The summed E-state index contributed by atoms with van der Waals surface area (Å²) in [4.78, 5) is 17.2. The second-order valence-electron chi connectivity index (χ2n) is 6.41. The molecule has 30 heavy (non-hydrogen) atoms. The van der Waals surface area contributed by atoms with Crippen molar-refractivity contribution < 1.29 is 9.53 Å². The number of para-hydroxylation sites is 1. The molecule has 0 unspecified atom stereocenters. The number of carbonyl (C=O) groups excluding carboxylic acids is 1. The molecule has 0 bridgehead atoms. The Balaban J connectivity index is 1.59.